The van der Waals surface area contributed by atoms with Crippen LogP contribution in [0.3, 0.4) is 0 Å². The first-order chi connectivity index (χ1) is 31.8. The van der Waals surface area contributed by atoms with E-state index in [1.165, 1.54) is 0 Å². The van der Waals surface area contributed by atoms with Crippen molar-refractivity contribution in [3.8, 4) is 0 Å². The highest BCUT2D eigenvalue weighted by atomic mass is 16.7. The Labute approximate surface area is 389 Å². The molecule has 1 atom stereocenters. The predicted octanol–water partition coefficient (Wildman–Crippen LogP) is 9.07. The Morgan fingerprint density at radius 3 is 2.05 bits per heavy atom. The largest absolute Gasteiger partial charge is 0.381 e. The number of fused-ring (bicyclic) bond motifs is 4. The third-order valence-electron chi connectivity index (χ3n) is 14.5. The second kappa shape index (κ2) is 18.1. The van der Waals surface area contributed by atoms with Crippen LogP contribution in [-0.2, 0) is 41.7 Å². The summed E-state index contributed by atoms with van der Waals surface area (Å²) in [4.78, 5) is 55.3. The summed E-state index contributed by atoms with van der Waals surface area (Å²) >= 11 is 0. The number of benzene rings is 2. The highest BCUT2D eigenvalue weighted by Gasteiger charge is 2.41. The molecule has 10 rings (SSSR count). The third-order valence-corrected chi connectivity index (χ3v) is 14.5. The maximum absolute atomic E-state index is 14.9. The maximum Gasteiger partial charge on any atom is 0.230 e. The van der Waals surface area contributed by atoms with Gasteiger partial charge in [0.25, 0.3) is 0 Å². The fourth-order valence-electron chi connectivity index (χ4n) is 11.4. The van der Waals surface area contributed by atoms with E-state index in [1.54, 1.807) is 19.5 Å². The average molecular weight is 899 g/mol. The minimum atomic E-state index is -0.362. The van der Waals surface area contributed by atoms with Gasteiger partial charge < -0.3 is 39.1 Å². The van der Waals surface area contributed by atoms with Crippen LogP contribution < -0.4 is 30.0 Å². The number of anilines is 8. The first-order valence-corrected chi connectivity index (χ1v) is 24.2. The van der Waals surface area contributed by atoms with E-state index in [0.29, 0.717) is 70.9 Å². The molecule has 66 heavy (non-hydrogen) atoms. The molecule has 1 unspecified atom stereocenters. The Hall–Kier alpha value is -5.28. The lowest BCUT2D eigenvalue weighted by Crippen LogP contribution is -2.57. The second-order valence-electron chi connectivity index (χ2n) is 20.5. The van der Waals surface area contributed by atoms with Gasteiger partial charge in [-0.25, -0.2) is 15.0 Å². The topological polar surface area (TPSA) is 125 Å². The average Bonchev–Trinajstić information content (AvgIpc) is 3.56. The summed E-state index contributed by atoms with van der Waals surface area (Å²) in [5.41, 5.74) is 6.61. The van der Waals surface area contributed by atoms with Gasteiger partial charge in [0.1, 0.15) is 5.82 Å². The lowest BCUT2D eigenvalue weighted by molar-refractivity contribution is -0.133. The number of ether oxygens (including phenoxy) is 3. The van der Waals surface area contributed by atoms with Crippen molar-refractivity contribution in [2.75, 3.05) is 69.9 Å². The zero-order valence-corrected chi connectivity index (χ0v) is 39.5. The van der Waals surface area contributed by atoms with Crippen LogP contribution in [0.2, 0.25) is 0 Å². The zero-order chi connectivity index (χ0) is 45.7. The summed E-state index contributed by atoms with van der Waals surface area (Å²) in [5.74, 6) is 1.40. The number of methoxy groups -OCH3 is 1. The normalized spacial score (nSPS) is 25.9. The summed E-state index contributed by atoms with van der Waals surface area (Å²) in [6.07, 6.45) is 9.63. The van der Waals surface area contributed by atoms with Gasteiger partial charge in [0.2, 0.25) is 11.8 Å². The Morgan fingerprint density at radius 1 is 0.727 bits per heavy atom. The van der Waals surface area contributed by atoms with Crippen molar-refractivity contribution in [2.45, 2.75) is 129 Å². The van der Waals surface area contributed by atoms with E-state index >= 15 is 0 Å². The SMILES string of the molecule is CO[C@H]1CC[C@H](C(=O)N2Cc3cccnc3N(O[C@H]3CC[C@H](C(=O)N4Cc5cccnc5Nc5ccc(N6CCOCC6C)cc54)CC3)c3ccc(N4CC(C)(C)OC(C)(C)C4)cc32)CC1. The molecule has 2 aromatic heterocycles. The van der Waals surface area contributed by atoms with Crippen molar-refractivity contribution in [3.05, 3.63) is 84.2 Å². The quantitative estimate of drug-likeness (QED) is 0.190. The van der Waals surface area contributed by atoms with Gasteiger partial charge in [0.05, 0.1) is 72.5 Å². The number of hydrogen-bond donors (Lipinski definition) is 1. The van der Waals surface area contributed by atoms with Crippen molar-refractivity contribution >= 4 is 57.6 Å². The molecule has 2 aromatic carbocycles. The first kappa shape index (κ1) is 44.6. The van der Waals surface area contributed by atoms with E-state index in [4.69, 9.17) is 24.0 Å². The van der Waals surface area contributed by atoms with E-state index in [-0.39, 0.29) is 53.1 Å². The standard InChI is InChI=1S/C52H66N8O6/c1-34-31-64-26-25-57(34)40-15-21-43-45(28-40)58(29-37-9-7-23-53-47(37)55-43)49(61)36-13-19-42(20-14-36)65-60-44-22-16-39(56-32-51(2,3)66-52(4,5)33-56)27-46(44)59(30-38-10-8-24-54-48(38)60)50(62)35-11-17-41(63-6)18-12-35/h7-10,15-16,21-24,27-28,34-36,41-42H,11-14,17-20,25-26,29-33H2,1-6H3,(H,53,55)/t34?,35-,36-,41-,42-. The molecular weight excluding hydrogens is 833 g/mol. The summed E-state index contributed by atoms with van der Waals surface area (Å²) in [5, 5.41) is 5.44. The molecule has 0 bridgehead atoms. The Kier molecular flexibility index (Phi) is 12.2. The summed E-state index contributed by atoms with van der Waals surface area (Å²) < 4.78 is 17.9. The van der Waals surface area contributed by atoms with Crippen LogP contribution in [0, 0.1) is 11.8 Å². The van der Waals surface area contributed by atoms with Crippen molar-refractivity contribution in [3.63, 3.8) is 0 Å². The molecule has 14 heteroatoms. The molecule has 0 radical (unpaired) electrons. The number of carbonyl (C=O) groups excluding carboxylic acids is 2. The van der Waals surface area contributed by atoms with Gasteiger partial charge in [-0.3, -0.25) is 14.4 Å². The number of carbonyl (C=O) groups is 2. The summed E-state index contributed by atoms with van der Waals surface area (Å²) in [6, 6.07) is 21.0. The minimum absolute atomic E-state index is 0.110. The van der Waals surface area contributed by atoms with Crippen LogP contribution in [0.5, 0.6) is 0 Å². The molecular formula is C52H66N8O6. The number of aromatic nitrogens is 2. The number of morpholine rings is 2. The zero-order valence-electron chi connectivity index (χ0n) is 39.5. The number of rotatable bonds is 7. The molecule has 0 spiro atoms. The Bertz CT molecular complexity index is 2410. The molecule has 6 heterocycles. The molecule has 14 nitrogen and oxygen atoms in total. The highest BCUT2D eigenvalue weighted by molar-refractivity contribution is 6.01. The molecule has 1 N–H and O–H groups in total. The third kappa shape index (κ3) is 8.97. The van der Waals surface area contributed by atoms with Crippen LogP contribution >= 0.6 is 0 Å². The van der Waals surface area contributed by atoms with Crippen molar-refractivity contribution in [2.24, 2.45) is 11.8 Å². The molecule has 350 valence electrons. The molecule has 2 amide bonds. The molecule has 2 saturated carbocycles. The molecule has 6 aliphatic rings. The van der Waals surface area contributed by atoms with Gasteiger partial charge in [0, 0.05) is 79.5 Å². The monoisotopic (exact) mass is 899 g/mol. The van der Waals surface area contributed by atoms with E-state index in [2.05, 4.69) is 97.2 Å². The molecule has 4 aromatic rings. The van der Waals surface area contributed by atoms with Gasteiger partial charge in [-0.2, -0.15) is 0 Å². The molecule has 2 aliphatic carbocycles. The van der Waals surface area contributed by atoms with Crippen molar-refractivity contribution in [1.29, 1.82) is 0 Å². The number of pyridine rings is 2. The molecule has 4 fully saturated rings. The highest BCUT2D eigenvalue weighted by Crippen LogP contribution is 2.46. The van der Waals surface area contributed by atoms with Crippen LogP contribution in [0.1, 0.15) is 97.1 Å². The maximum atomic E-state index is 14.9. The Morgan fingerprint density at radius 2 is 1.35 bits per heavy atom. The number of hydrogen-bond acceptors (Lipinski definition) is 12. The fraction of sp³-hybridized carbons (Fsp3) is 0.538. The lowest BCUT2D eigenvalue weighted by atomic mass is 9.86. The summed E-state index contributed by atoms with van der Waals surface area (Å²) in [6.45, 7) is 15.1. The van der Waals surface area contributed by atoms with Gasteiger partial charge in [-0.15, -0.1) is 0 Å². The van der Waals surface area contributed by atoms with Gasteiger partial charge in [0.15, 0.2) is 5.82 Å². The number of nitrogens with one attached hydrogen (secondary N) is 1. The Balaban J connectivity index is 0.932. The molecule has 2 saturated heterocycles. The second-order valence-corrected chi connectivity index (χ2v) is 20.5. The van der Waals surface area contributed by atoms with E-state index in [1.807, 2.05) is 33.1 Å². The minimum Gasteiger partial charge on any atom is -0.381 e. The fourth-order valence-corrected chi connectivity index (χ4v) is 11.4. The van der Waals surface area contributed by atoms with Gasteiger partial charge in [-0.1, -0.05) is 12.1 Å². The van der Waals surface area contributed by atoms with E-state index < -0.39 is 0 Å². The van der Waals surface area contributed by atoms with E-state index in [0.717, 1.165) is 83.3 Å². The number of nitrogens with zero attached hydrogens (tertiary/aromatic N) is 7. The van der Waals surface area contributed by atoms with Gasteiger partial charge in [-0.05, 0) is 135 Å². The van der Waals surface area contributed by atoms with Crippen LogP contribution in [0.4, 0.5) is 45.8 Å². The number of amides is 2. The summed E-state index contributed by atoms with van der Waals surface area (Å²) in [7, 11) is 1.77. The predicted molar refractivity (Wildman–Crippen MR) is 258 cm³/mol. The molecule has 4 aliphatic heterocycles. The van der Waals surface area contributed by atoms with Crippen molar-refractivity contribution in [1.82, 2.24) is 9.97 Å². The van der Waals surface area contributed by atoms with Crippen LogP contribution in [0.15, 0.2) is 73.1 Å². The van der Waals surface area contributed by atoms with E-state index in [9.17, 15) is 9.59 Å². The van der Waals surface area contributed by atoms with Gasteiger partial charge >= 0.3 is 0 Å². The first-order valence-electron chi connectivity index (χ1n) is 24.2. The van der Waals surface area contributed by atoms with Crippen LogP contribution in [0.25, 0.3) is 0 Å². The van der Waals surface area contributed by atoms with Crippen molar-refractivity contribution < 1.29 is 28.6 Å². The van der Waals surface area contributed by atoms with Crippen LogP contribution in [-0.4, -0.2) is 91.2 Å². The lowest BCUT2D eigenvalue weighted by Gasteiger charge is -2.48. The smallest absolute Gasteiger partial charge is 0.230 e.